The molecule has 0 spiro atoms. The van der Waals surface area contributed by atoms with Crippen molar-refractivity contribution < 1.29 is 22.7 Å². The van der Waals surface area contributed by atoms with E-state index in [0.717, 1.165) is 24.8 Å². The fourth-order valence-corrected chi connectivity index (χ4v) is 5.03. The Morgan fingerprint density at radius 1 is 1.07 bits per heavy atom. The molecule has 1 aliphatic heterocycles. The van der Waals surface area contributed by atoms with E-state index in [0.29, 0.717) is 36.8 Å². The van der Waals surface area contributed by atoms with E-state index in [1.165, 1.54) is 0 Å². The smallest absolute Gasteiger partial charge is 0.251 e. The molecule has 3 rings (SSSR count). The van der Waals surface area contributed by atoms with Crippen molar-refractivity contribution in [2.45, 2.75) is 37.6 Å². The Kier molecular flexibility index (Phi) is 7.33. The van der Waals surface area contributed by atoms with Crippen molar-refractivity contribution in [2.24, 2.45) is 0 Å². The van der Waals surface area contributed by atoms with E-state index < -0.39 is 10.0 Å². The number of carbonyl (C=O) groups is 1. The SMILES string of the molecule is CCOc1cc(C(=O)NCc2cccc(S(=O)(=O)N3CCCCC3)c2)ccc1OC. The molecule has 0 radical (unpaired) electrons. The van der Waals surface area contributed by atoms with E-state index >= 15 is 0 Å². The summed E-state index contributed by atoms with van der Waals surface area (Å²) in [6.45, 7) is 3.65. The molecule has 2 aromatic rings. The van der Waals surface area contributed by atoms with Crippen molar-refractivity contribution in [3.8, 4) is 11.5 Å². The summed E-state index contributed by atoms with van der Waals surface area (Å²) in [5.41, 5.74) is 1.16. The third-order valence-electron chi connectivity index (χ3n) is 5.03. The number of hydrogen-bond donors (Lipinski definition) is 1. The first-order valence-electron chi connectivity index (χ1n) is 10.1. The van der Waals surface area contributed by atoms with E-state index in [1.807, 2.05) is 6.92 Å². The minimum absolute atomic E-state index is 0.220. The fraction of sp³-hybridized carbons (Fsp3) is 0.409. The molecule has 1 N–H and O–H groups in total. The highest BCUT2D eigenvalue weighted by Crippen LogP contribution is 2.28. The number of nitrogens with one attached hydrogen (secondary N) is 1. The zero-order valence-electron chi connectivity index (χ0n) is 17.4. The molecule has 0 unspecified atom stereocenters. The van der Waals surface area contributed by atoms with Crippen LogP contribution in [0.1, 0.15) is 42.1 Å². The van der Waals surface area contributed by atoms with Crippen LogP contribution in [0.4, 0.5) is 0 Å². The summed E-state index contributed by atoms with van der Waals surface area (Å²) in [6, 6.07) is 11.7. The zero-order valence-corrected chi connectivity index (χ0v) is 18.2. The standard InChI is InChI=1S/C22H28N2O5S/c1-3-29-21-15-18(10-11-20(21)28-2)22(25)23-16-17-8-7-9-19(14-17)30(26,27)24-12-5-4-6-13-24/h7-11,14-15H,3-6,12-13,16H2,1-2H3,(H,23,25). The first-order valence-corrected chi connectivity index (χ1v) is 11.6. The first-order chi connectivity index (χ1) is 14.5. The number of hydrogen-bond acceptors (Lipinski definition) is 5. The van der Waals surface area contributed by atoms with Crippen LogP contribution in [0, 0.1) is 0 Å². The summed E-state index contributed by atoms with van der Waals surface area (Å²) < 4.78 is 38.0. The largest absolute Gasteiger partial charge is 0.493 e. The van der Waals surface area contributed by atoms with Crippen molar-refractivity contribution >= 4 is 15.9 Å². The lowest BCUT2D eigenvalue weighted by Crippen LogP contribution is -2.35. The maximum Gasteiger partial charge on any atom is 0.251 e. The number of amides is 1. The van der Waals surface area contributed by atoms with Crippen LogP contribution in [0.25, 0.3) is 0 Å². The summed E-state index contributed by atoms with van der Waals surface area (Å²) in [7, 11) is -1.96. The van der Waals surface area contributed by atoms with Crippen molar-refractivity contribution in [3.05, 3.63) is 53.6 Å². The zero-order chi connectivity index (χ0) is 21.6. The molecule has 0 saturated carbocycles. The number of sulfonamides is 1. The summed E-state index contributed by atoms with van der Waals surface area (Å²) in [5, 5.41) is 2.84. The van der Waals surface area contributed by atoms with Gasteiger partial charge in [0.15, 0.2) is 11.5 Å². The lowest BCUT2D eigenvalue weighted by molar-refractivity contribution is 0.0950. The molecule has 8 heteroatoms. The molecule has 0 aliphatic carbocycles. The monoisotopic (exact) mass is 432 g/mol. The highest BCUT2D eigenvalue weighted by molar-refractivity contribution is 7.89. The van der Waals surface area contributed by atoms with Gasteiger partial charge in [-0.1, -0.05) is 18.6 Å². The molecule has 0 bridgehead atoms. The van der Waals surface area contributed by atoms with Crippen LogP contribution in [-0.2, 0) is 16.6 Å². The van der Waals surface area contributed by atoms with Gasteiger partial charge in [0.1, 0.15) is 0 Å². The van der Waals surface area contributed by atoms with E-state index in [4.69, 9.17) is 9.47 Å². The van der Waals surface area contributed by atoms with E-state index in [1.54, 1.807) is 53.9 Å². The topological polar surface area (TPSA) is 84.9 Å². The lowest BCUT2D eigenvalue weighted by atomic mass is 10.1. The Hall–Kier alpha value is -2.58. The van der Waals surface area contributed by atoms with Gasteiger partial charge in [-0.25, -0.2) is 8.42 Å². The molecule has 7 nitrogen and oxygen atoms in total. The number of methoxy groups -OCH3 is 1. The van der Waals surface area contributed by atoms with Gasteiger partial charge in [-0.15, -0.1) is 0 Å². The van der Waals surface area contributed by atoms with E-state index in [2.05, 4.69) is 5.32 Å². The minimum Gasteiger partial charge on any atom is -0.493 e. The maximum atomic E-state index is 12.9. The Morgan fingerprint density at radius 2 is 1.83 bits per heavy atom. The molecule has 1 amide bonds. The van der Waals surface area contributed by atoms with Crippen molar-refractivity contribution in [1.29, 1.82) is 0 Å². The summed E-state index contributed by atoms with van der Waals surface area (Å²) in [5.74, 6) is 0.786. The average molecular weight is 433 g/mol. The molecule has 0 atom stereocenters. The second kappa shape index (κ2) is 9.95. The first kappa shape index (κ1) is 22.1. The van der Waals surface area contributed by atoms with Gasteiger partial charge < -0.3 is 14.8 Å². The van der Waals surface area contributed by atoms with Crippen LogP contribution in [0.15, 0.2) is 47.4 Å². The molecule has 1 aliphatic rings. The van der Waals surface area contributed by atoms with Gasteiger partial charge in [-0.2, -0.15) is 4.31 Å². The van der Waals surface area contributed by atoms with Crippen LogP contribution in [0.2, 0.25) is 0 Å². The predicted molar refractivity (Wildman–Crippen MR) is 114 cm³/mol. The van der Waals surface area contributed by atoms with Gasteiger partial charge in [0.2, 0.25) is 10.0 Å². The summed E-state index contributed by atoms with van der Waals surface area (Å²) in [6.07, 6.45) is 2.84. The van der Waals surface area contributed by atoms with Crippen LogP contribution in [0.5, 0.6) is 11.5 Å². The van der Waals surface area contributed by atoms with Crippen molar-refractivity contribution in [3.63, 3.8) is 0 Å². The predicted octanol–water partition coefficient (Wildman–Crippen LogP) is 3.20. The molecule has 2 aromatic carbocycles. The van der Waals surface area contributed by atoms with Crippen molar-refractivity contribution in [1.82, 2.24) is 9.62 Å². The minimum atomic E-state index is -3.50. The van der Waals surface area contributed by atoms with Gasteiger partial charge in [0.25, 0.3) is 5.91 Å². The number of benzene rings is 2. The number of ether oxygens (including phenoxy) is 2. The Balaban J connectivity index is 1.70. The molecule has 0 aromatic heterocycles. The van der Waals surface area contributed by atoms with Crippen molar-refractivity contribution in [2.75, 3.05) is 26.8 Å². The lowest BCUT2D eigenvalue weighted by Gasteiger charge is -2.26. The third-order valence-corrected chi connectivity index (χ3v) is 6.92. The number of carbonyl (C=O) groups excluding carboxylic acids is 1. The Labute approximate surface area is 178 Å². The number of nitrogens with zero attached hydrogens (tertiary/aromatic N) is 1. The maximum absolute atomic E-state index is 12.9. The van der Waals surface area contributed by atoms with E-state index in [-0.39, 0.29) is 17.3 Å². The van der Waals surface area contributed by atoms with E-state index in [9.17, 15) is 13.2 Å². The Bertz CT molecular complexity index is 985. The molecule has 162 valence electrons. The van der Waals surface area contributed by atoms with Gasteiger partial charge in [-0.05, 0) is 55.7 Å². The number of rotatable bonds is 8. The molecular formula is C22H28N2O5S. The van der Waals surface area contributed by atoms with Gasteiger partial charge in [-0.3, -0.25) is 4.79 Å². The second-order valence-corrected chi connectivity index (χ2v) is 9.03. The van der Waals surface area contributed by atoms with Crippen LogP contribution >= 0.6 is 0 Å². The molecule has 30 heavy (non-hydrogen) atoms. The van der Waals surface area contributed by atoms with Crippen LogP contribution in [-0.4, -0.2) is 45.4 Å². The quantitative estimate of drug-likeness (QED) is 0.692. The highest BCUT2D eigenvalue weighted by Gasteiger charge is 2.26. The summed E-state index contributed by atoms with van der Waals surface area (Å²) in [4.78, 5) is 12.8. The average Bonchev–Trinajstić information content (AvgIpc) is 2.78. The summed E-state index contributed by atoms with van der Waals surface area (Å²) >= 11 is 0. The second-order valence-electron chi connectivity index (χ2n) is 7.09. The third kappa shape index (κ3) is 5.12. The Morgan fingerprint density at radius 3 is 2.53 bits per heavy atom. The van der Waals surface area contributed by atoms with Gasteiger partial charge >= 0.3 is 0 Å². The van der Waals surface area contributed by atoms with Crippen LogP contribution < -0.4 is 14.8 Å². The van der Waals surface area contributed by atoms with Crippen LogP contribution in [0.3, 0.4) is 0 Å². The molecular weight excluding hydrogens is 404 g/mol. The normalized spacial score (nSPS) is 14.9. The molecule has 1 fully saturated rings. The highest BCUT2D eigenvalue weighted by atomic mass is 32.2. The molecule has 1 saturated heterocycles. The fourth-order valence-electron chi connectivity index (χ4n) is 3.44. The van der Waals surface area contributed by atoms with Gasteiger partial charge in [0, 0.05) is 25.2 Å². The number of piperidine rings is 1. The molecule has 1 heterocycles. The van der Waals surface area contributed by atoms with Gasteiger partial charge in [0.05, 0.1) is 18.6 Å².